The molecule has 0 fully saturated rings. The number of fused-ring (bicyclic) bond motifs is 2. The number of alkyl halides is 3. The van der Waals surface area contributed by atoms with Gasteiger partial charge in [-0.1, -0.05) is 0 Å². The first-order valence-electron chi connectivity index (χ1n) is 8.16. The number of carbonyl (C=O) groups excluding carboxylic acids is 1. The highest BCUT2D eigenvalue weighted by molar-refractivity contribution is 5.99. The Morgan fingerprint density at radius 2 is 2.04 bits per heavy atom. The van der Waals surface area contributed by atoms with Crippen LogP contribution in [0.25, 0.3) is 16.7 Å². The van der Waals surface area contributed by atoms with Crippen LogP contribution in [0.4, 0.5) is 17.6 Å². The highest BCUT2D eigenvalue weighted by Gasteiger charge is 2.37. The summed E-state index contributed by atoms with van der Waals surface area (Å²) in [6.07, 6.45) is -3.22. The Bertz CT molecular complexity index is 1180. The summed E-state index contributed by atoms with van der Waals surface area (Å²) in [5.41, 5.74) is 0.911. The van der Waals surface area contributed by atoms with Crippen LogP contribution in [0.1, 0.15) is 22.0 Å². The molecule has 144 valence electrons. The molecule has 11 heteroatoms. The van der Waals surface area contributed by atoms with Gasteiger partial charge >= 0.3 is 6.18 Å². The Balaban J connectivity index is 1.48. The molecule has 3 aromatic heterocycles. The van der Waals surface area contributed by atoms with Gasteiger partial charge in [0.05, 0.1) is 16.6 Å². The van der Waals surface area contributed by atoms with Gasteiger partial charge in [0, 0.05) is 19.2 Å². The second-order valence-corrected chi connectivity index (χ2v) is 5.99. The van der Waals surface area contributed by atoms with E-state index in [2.05, 4.69) is 25.5 Å². The van der Waals surface area contributed by atoms with E-state index < -0.39 is 23.7 Å². The number of pyridine rings is 1. The number of halogens is 4. The van der Waals surface area contributed by atoms with E-state index in [9.17, 15) is 22.4 Å². The van der Waals surface area contributed by atoms with E-state index in [0.717, 1.165) is 10.6 Å². The summed E-state index contributed by atoms with van der Waals surface area (Å²) in [6.45, 7) is 0.169. The lowest BCUT2D eigenvalue weighted by atomic mass is 10.2. The number of hydrogen-bond acceptors (Lipinski definition) is 4. The molecule has 0 saturated heterocycles. The van der Waals surface area contributed by atoms with Crippen LogP contribution in [0.5, 0.6) is 0 Å². The van der Waals surface area contributed by atoms with E-state index in [4.69, 9.17) is 0 Å². The first-order valence-corrected chi connectivity index (χ1v) is 8.16. The van der Waals surface area contributed by atoms with Crippen LogP contribution in [-0.4, -0.2) is 37.0 Å². The quantitative estimate of drug-likeness (QED) is 0.523. The number of aromatic nitrogens is 5. The molecule has 0 aliphatic carbocycles. The number of carbonyl (C=O) groups is 1. The number of benzene rings is 1. The first-order chi connectivity index (χ1) is 13.3. The number of hydrogen-bond donors (Lipinski definition) is 2. The molecular weight excluding hydrogens is 380 g/mol. The van der Waals surface area contributed by atoms with Crippen molar-refractivity contribution in [2.75, 3.05) is 6.54 Å². The van der Waals surface area contributed by atoms with Crippen molar-refractivity contribution in [2.24, 2.45) is 0 Å². The normalized spacial score (nSPS) is 12.0. The van der Waals surface area contributed by atoms with E-state index >= 15 is 0 Å². The van der Waals surface area contributed by atoms with Gasteiger partial charge in [-0.15, -0.1) is 10.2 Å². The Kier molecular flexibility index (Phi) is 4.21. The number of nitrogens with zero attached hydrogens (tertiary/aromatic N) is 4. The molecule has 7 nitrogen and oxygen atoms in total. The molecule has 0 bridgehead atoms. The molecule has 0 unspecified atom stereocenters. The van der Waals surface area contributed by atoms with E-state index in [1.54, 1.807) is 0 Å². The lowest BCUT2D eigenvalue weighted by Crippen LogP contribution is -2.26. The van der Waals surface area contributed by atoms with Gasteiger partial charge in [0.1, 0.15) is 11.6 Å². The molecular formula is C17H12F4N6O. The number of imidazole rings is 1. The zero-order chi connectivity index (χ0) is 19.9. The molecule has 0 aliphatic rings. The van der Waals surface area contributed by atoms with E-state index in [0.29, 0.717) is 23.3 Å². The number of aromatic amines is 1. The molecule has 4 rings (SSSR count). The average molecular weight is 392 g/mol. The van der Waals surface area contributed by atoms with Gasteiger partial charge < -0.3 is 10.3 Å². The highest BCUT2D eigenvalue weighted by Crippen LogP contribution is 2.28. The van der Waals surface area contributed by atoms with E-state index in [1.807, 2.05) is 0 Å². The summed E-state index contributed by atoms with van der Waals surface area (Å²) in [6, 6.07) is 6.82. The summed E-state index contributed by atoms with van der Waals surface area (Å²) in [5.74, 6) is -1.64. The van der Waals surface area contributed by atoms with Crippen molar-refractivity contribution >= 4 is 22.6 Å². The van der Waals surface area contributed by atoms with Crippen LogP contribution in [0.2, 0.25) is 0 Å². The zero-order valence-electron chi connectivity index (χ0n) is 14.1. The van der Waals surface area contributed by atoms with E-state index in [-0.39, 0.29) is 17.8 Å². The highest BCUT2D eigenvalue weighted by atomic mass is 19.4. The van der Waals surface area contributed by atoms with Crippen LogP contribution in [0.3, 0.4) is 0 Å². The minimum Gasteiger partial charge on any atom is -0.351 e. The van der Waals surface area contributed by atoms with Crippen LogP contribution in [0, 0.1) is 5.82 Å². The predicted octanol–water partition coefficient (Wildman–Crippen LogP) is 2.74. The number of rotatable bonds is 4. The Hall–Kier alpha value is -3.50. The molecule has 1 aromatic carbocycles. The largest absolute Gasteiger partial charge is 0.452 e. The molecule has 4 aromatic rings. The lowest BCUT2D eigenvalue weighted by Gasteiger charge is -2.07. The third-order valence-electron chi connectivity index (χ3n) is 4.07. The van der Waals surface area contributed by atoms with Crippen molar-refractivity contribution in [1.29, 1.82) is 0 Å². The fourth-order valence-corrected chi connectivity index (χ4v) is 2.83. The third-order valence-corrected chi connectivity index (χ3v) is 4.07. The third kappa shape index (κ3) is 3.26. The Labute approximate surface area is 154 Å². The van der Waals surface area contributed by atoms with Crippen LogP contribution < -0.4 is 5.32 Å². The van der Waals surface area contributed by atoms with Crippen molar-refractivity contribution in [1.82, 2.24) is 29.9 Å². The summed E-state index contributed by atoms with van der Waals surface area (Å²) in [7, 11) is 0. The minimum absolute atomic E-state index is 0.0304. The van der Waals surface area contributed by atoms with Crippen molar-refractivity contribution < 1.29 is 22.4 Å². The second kappa shape index (κ2) is 6.59. The smallest absolute Gasteiger partial charge is 0.351 e. The maximum atomic E-state index is 13.2. The molecule has 3 heterocycles. The Morgan fingerprint density at radius 3 is 2.82 bits per heavy atom. The van der Waals surface area contributed by atoms with Crippen molar-refractivity contribution in [3.63, 3.8) is 0 Å². The molecule has 2 N–H and O–H groups in total. The van der Waals surface area contributed by atoms with Gasteiger partial charge in [0.25, 0.3) is 5.91 Å². The standard InChI is InChI=1S/C17H12F4N6O/c18-9-3-4-11-12(8-9)24-13(23-11)5-6-22-15(28)10-2-1-7-27-14(10)25-26-16(27)17(19,20)21/h1-4,7-8H,5-6H2,(H,22,28)(H,23,24). The Morgan fingerprint density at radius 1 is 1.21 bits per heavy atom. The summed E-state index contributed by atoms with van der Waals surface area (Å²) < 4.78 is 52.7. The second-order valence-electron chi connectivity index (χ2n) is 5.99. The van der Waals surface area contributed by atoms with Crippen molar-refractivity contribution in [3.05, 3.63) is 59.6 Å². The van der Waals surface area contributed by atoms with E-state index in [1.165, 1.54) is 30.3 Å². The van der Waals surface area contributed by atoms with Crippen molar-refractivity contribution in [2.45, 2.75) is 12.6 Å². The van der Waals surface area contributed by atoms with Gasteiger partial charge in [0.2, 0.25) is 5.82 Å². The van der Waals surface area contributed by atoms with Crippen LogP contribution in [-0.2, 0) is 12.6 Å². The monoisotopic (exact) mass is 392 g/mol. The van der Waals surface area contributed by atoms with Crippen molar-refractivity contribution in [3.8, 4) is 0 Å². The molecule has 28 heavy (non-hydrogen) atoms. The van der Waals surface area contributed by atoms with Gasteiger partial charge in [0.15, 0.2) is 5.65 Å². The maximum absolute atomic E-state index is 13.2. The van der Waals surface area contributed by atoms with Gasteiger partial charge in [-0.25, -0.2) is 9.37 Å². The molecule has 0 radical (unpaired) electrons. The van der Waals surface area contributed by atoms with Crippen LogP contribution in [0.15, 0.2) is 36.5 Å². The number of H-pyrrole nitrogens is 1. The molecule has 0 aliphatic heterocycles. The van der Waals surface area contributed by atoms with Gasteiger partial charge in [-0.05, 0) is 30.3 Å². The SMILES string of the molecule is O=C(NCCc1nc2ccc(F)cc2[nH]1)c1cccn2c(C(F)(F)F)nnc12. The zero-order valence-corrected chi connectivity index (χ0v) is 14.1. The first kappa shape index (κ1) is 17.9. The summed E-state index contributed by atoms with van der Waals surface area (Å²) in [5, 5.41) is 9.23. The molecule has 1 amide bonds. The van der Waals surface area contributed by atoms with Crippen LogP contribution >= 0.6 is 0 Å². The maximum Gasteiger partial charge on any atom is 0.452 e. The van der Waals surface area contributed by atoms with Gasteiger partial charge in [-0.2, -0.15) is 13.2 Å². The summed E-state index contributed by atoms with van der Waals surface area (Å²) in [4.78, 5) is 19.6. The fraction of sp³-hybridized carbons (Fsp3) is 0.176. The average Bonchev–Trinajstić information content (AvgIpc) is 3.24. The topological polar surface area (TPSA) is 88.0 Å². The number of nitrogens with one attached hydrogen (secondary N) is 2. The fourth-order valence-electron chi connectivity index (χ4n) is 2.83. The summed E-state index contributed by atoms with van der Waals surface area (Å²) >= 11 is 0. The number of amides is 1. The lowest BCUT2D eigenvalue weighted by molar-refractivity contribution is -0.145. The van der Waals surface area contributed by atoms with Gasteiger partial charge in [-0.3, -0.25) is 9.20 Å². The minimum atomic E-state index is -4.69. The molecule has 0 atom stereocenters. The molecule has 0 saturated carbocycles. The molecule has 0 spiro atoms. The predicted molar refractivity (Wildman–Crippen MR) is 90.1 cm³/mol.